The van der Waals surface area contributed by atoms with Crippen molar-refractivity contribution in [2.45, 2.75) is 51.1 Å². The van der Waals surface area contributed by atoms with Gasteiger partial charge in [-0.2, -0.15) is 0 Å². The van der Waals surface area contributed by atoms with Crippen LogP contribution < -0.4 is 10.0 Å². The molecule has 1 atom stereocenters. The van der Waals surface area contributed by atoms with E-state index in [1.54, 1.807) is 0 Å². The summed E-state index contributed by atoms with van der Waals surface area (Å²) in [5.74, 6) is 0.245. The summed E-state index contributed by atoms with van der Waals surface area (Å²) in [6.07, 6.45) is 5.26. The van der Waals surface area contributed by atoms with Gasteiger partial charge in [0.1, 0.15) is 0 Å². The van der Waals surface area contributed by atoms with Gasteiger partial charge in [-0.1, -0.05) is 6.92 Å². The Bertz CT molecular complexity index is 368. The van der Waals surface area contributed by atoms with E-state index in [0.29, 0.717) is 12.5 Å². The Hall–Kier alpha value is -0.170. The molecule has 1 saturated heterocycles. The molecule has 0 aromatic heterocycles. The molecule has 112 valence electrons. The molecule has 1 unspecified atom stereocenters. The minimum atomic E-state index is -3.11. The van der Waals surface area contributed by atoms with Crippen LogP contribution in [0.5, 0.6) is 0 Å². The van der Waals surface area contributed by atoms with E-state index in [4.69, 9.17) is 0 Å². The number of sulfonamides is 1. The highest BCUT2D eigenvalue weighted by atomic mass is 32.2. The van der Waals surface area contributed by atoms with Crippen molar-refractivity contribution in [3.8, 4) is 0 Å². The molecule has 2 rings (SSSR count). The Labute approximate surface area is 117 Å². The third kappa shape index (κ3) is 5.77. The fraction of sp³-hybridized carbons (Fsp3) is 1.00. The molecule has 5 nitrogen and oxygen atoms in total. The molecule has 2 N–H and O–H groups in total. The van der Waals surface area contributed by atoms with Crippen molar-refractivity contribution in [1.82, 2.24) is 14.9 Å². The van der Waals surface area contributed by atoms with Crippen molar-refractivity contribution in [2.75, 3.05) is 31.9 Å². The molecule has 19 heavy (non-hydrogen) atoms. The molecule has 2 aliphatic rings. The van der Waals surface area contributed by atoms with Crippen LogP contribution in [0.4, 0.5) is 0 Å². The number of rotatable bonds is 8. The van der Waals surface area contributed by atoms with Gasteiger partial charge in [0.2, 0.25) is 10.0 Å². The highest BCUT2D eigenvalue weighted by molar-refractivity contribution is 7.89. The zero-order valence-corrected chi connectivity index (χ0v) is 12.7. The topological polar surface area (TPSA) is 61.4 Å². The van der Waals surface area contributed by atoms with Gasteiger partial charge in [-0.15, -0.1) is 0 Å². The highest BCUT2D eigenvalue weighted by Crippen LogP contribution is 2.18. The first-order chi connectivity index (χ1) is 9.09. The maximum Gasteiger partial charge on any atom is 0.211 e. The van der Waals surface area contributed by atoms with Crippen LogP contribution in [0.25, 0.3) is 0 Å². The number of nitrogens with zero attached hydrogens (tertiary/aromatic N) is 1. The lowest BCUT2D eigenvalue weighted by atomic mass is 10.1. The number of likely N-dealkylation sites (tertiary alicyclic amines) is 1. The lowest BCUT2D eigenvalue weighted by Crippen LogP contribution is -2.48. The van der Waals surface area contributed by atoms with Crippen molar-refractivity contribution in [3.63, 3.8) is 0 Å². The fourth-order valence-corrected chi connectivity index (χ4v) is 3.95. The molecule has 0 bridgehead atoms. The van der Waals surface area contributed by atoms with Gasteiger partial charge in [-0.3, -0.25) is 0 Å². The van der Waals surface area contributed by atoms with Gasteiger partial charge < -0.3 is 10.2 Å². The van der Waals surface area contributed by atoms with Crippen LogP contribution in [0.3, 0.4) is 0 Å². The van der Waals surface area contributed by atoms with Gasteiger partial charge in [0.25, 0.3) is 0 Å². The maximum atomic E-state index is 12.0. The Kier molecular flexibility index (Phi) is 5.62. The van der Waals surface area contributed by atoms with Crippen molar-refractivity contribution >= 4 is 10.0 Å². The third-order valence-electron chi connectivity index (χ3n) is 3.90. The lowest BCUT2D eigenvalue weighted by molar-refractivity contribution is 0.211. The number of likely N-dealkylation sites (N-methyl/N-ethyl adjacent to an activating group) is 1. The van der Waals surface area contributed by atoms with E-state index in [9.17, 15) is 8.42 Å². The molecule has 1 heterocycles. The molecular formula is C13H27N3O2S. The molecule has 0 spiro atoms. The van der Waals surface area contributed by atoms with Gasteiger partial charge in [-0.05, 0) is 51.7 Å². The summed E-state index contributed by atoms with van der Waals surface area (Å²) >= 11 is 0. The molecule has 2 fully saturated rings. The summed E-state index contributed by atoms with van der Waals surface area (Å²) < 4.78 is 26.9. The second-order valence-electron chi connectivity index (χ2n) is 5.75. The standard InChI is InChI=1S/C13H27N3O2S/c1-2-16-9-3-5-13(11-16)15-19(17,18)10-4-8-14-12-6-7-12/h12-15H,2-11H2,1H3. The summed E-state index contributed by atoms with van der Waals surface area (Å²) in [6.45, 7) is 5.90. The molecule has 0 radical (unpaired) electrons. The predicted octanol–water partition coefficient (Wildman–Crippen LogP) is 0.532. The molecule has 0 aromatic rings. The number of nitrogens with one attached hydrogen (secondary N) is 2. The SMILES string of the molecule is CCN1CCCC(NS(=O)(=O)CCCNC2CC2)C1. The molecule has 1 aliphatic carbocycles. The van der Waals surface area contributed by atoms with Crippen LogP contribution in [0, 0.1) is 0 Å². The minimum Gasteiger partial charge on any atom is -0.314 e. The molecular weight excluding hydrogens is 262 g/mol. The molecule has 6 heteroatoms. The van der Waals surface area contributed by atoms with E-state index in [0.717, 1.165) is 39.0 Å². The zero-order valence-electron chi connectivity index (χ0n) is 11.9. The van der Waals surface area contributed by atoms with Crippen molar-refractivity contribution < 1.29 is 8.42 Å². The number of piperidine rings is 1. The number of hydrogen-bond acceptors (Lipinski definition) is 4. The predicted molar refractivity (Wildman–Crippen MR) is 77.7 cm³/mol. The summed E-state index contributed by atoms with van der Waals surface area (Å²) in [5.41, 5.74) is 0. The van der Waals surface area contributed by atoms with Gasteiger partial charge in [0.05, 0.1) is 5.75 Å². The zero-order chi connectivity index (χ0) is 13.7. The normalized spacial score (nSPS) is 25.6. The second kappa shape index (κ2) is 7.02. The van der Waals surface area contributed by atoms with Crippen molar-refractivity contribution in [3.05, 3.63) is 0 Å². The molecule has 1 aliphatic heterocycles. The van der Waals surface area contributed by atoms with E-state index < -0.39 is 10.0 Å². The Morgan fingerprint density at radius 2 is 2.00 bits per heavy atom. The first kappa shape index (κ1) is 15.2. The van der Waals surface area contributed by atoms with Gasteiger partial charge >= 0.3 is 0 Å². The average Bonchev–Trinajstić information content (AvgIpc) is 3.18. The van der Waals surface area contributed by atoms with Crippen LogP contribution in [-0.4, -0.2) is 57.3 Å². The molecule has 0 aromatic carbocycles. The third-order valence-corrected chi connectivity index (χ3v) is 5.42. The summed E-state index contributed by atoms with van der Waals surface area (Å²) in [6, 6.07) is 0.766. The molecule has 0 amide bonds. The van der Waals surface area contributed by atoms with E-state index in [1.165, 1.54) is 12.8 Å². The summed E-state index contributed by atoms with van der Waals surface area (Å²) in [7, 11) is -3.11. The quantitative estimate of drug-likeness (QED) is 0.640. The van der Waals surface area contributed by atoms with E-state index in [-0.39, 0.29) is 11.8 Å². The van der Waals surface area contributed by atoms with Gasteiger partial charge in [-0.25, -0.2) is 13.1 Å². The second-order valence-corrected chi connectivity index (χ2v) is 7.62. The van der Waals surface area contributed by atoms with E-state index in [2.05, 4.69) is 21.9 Å². The van der Waals surface area contributed by atoms with E-state index >= 15 is 0 Å². The Morgan fingerprint density at radius 1 is 1.21 bits per heavy atom. The Morgan fingerprint density at radius 3 is 2.68 bits per heavy atom. The first-order valence-electron chi connectivity index (χ1n) is 7.55. The van der Waals surface area contributed by atoms with Crippen LogP contribution >= 0.6 is 0 Å². The van der Waals surface area contributed by atoms with E-state index in [1.807, 2.05) is 0 Å². The molecule has 1 saturated carbocycles. The van der Waals surface area contributed by atoms with Crippen LogP contribution in [0.1, 0.15) is 39.0 Å². The average molecular weight is 289 g/mol. The fourth-order valence-electron chi connectivity index (χ4n) is 2.61. The first-order valence-corrected chi connectivity index (χ1v) is 9.20. The highest BCUT2D eigenvalue weighted by Gasteiger charge is 2.24. The smallest absolute Gasteiger partial charge is 0.211 e. The minimum absolute atomic E-state index is 0.107. The summed E-state index contributed by atoms with van der Waals surface area (Å²) in [4.78, 5) is 2.31. The van der Waals surface area contributed by atoms with Crippen molar-refractivity contribution in [1.29, 1.82) is 0 Å². The van der Waals surface area contributed by atoms with Crippen LogP contribution in [-0.2, 0) is 10.0 Å². The van der Waals surface area contributed by atoms with Crippen LogP contribution in [0.15, 0.2) is 0 Å². The number of hydrogen-bond donors (Lipinski definition) is 2. The maximum absolute atomic E-state index is 12.0. The largest absolute Gasteiger partial charge is 0.314 e. The van der Waals surface area contributed by atoms with Gasteiger partial charge in [0.15, 0.2) is 0 Å². The van der Waals surface area contributed by atoms with Crippen LogP contribution in [0.2, 0.25) is 0 Å². The monoisotopic (exact) mass is 289 g/mol. The Balaban J connectivity index is 1.66. The van der Waals surface area contributed by atoms with Gasteiger partial charge in [0, 0.05) is 18.6 Å². The lowest BCUT2D eigenvalue weighted by Gasteiger charge is -2.32. The summed E-state index contributed by atoms with van der Waals surface area (Å²) in [5, 5.41) is 3.35. The van der Waals surface area contributed by atoms with Crippen molar-refractivity contribution in [2.24, 2.45) is 0 Å².